The first-order valence-corrected chi connectivity index (χ1v) is 6.79. The third-order valence-corrected chi connectivity index (χ3v) is 3.36. The maximum Gasteiger partial charge on any atom is 0.0839 e. The second-order valence-corrected chi connectivity index (χ2v) is 4.79. The number of hydrogen-bond donors (Lipinski definition) is 2. The van der Waals surface area contributed by atoms with Gasteiger partial charge in [-0.2, -0.15) is 0 Å². The highest BCUT2D eigenvalue weighted by Crippen LogP contribution is 2.19. The highest BCUT2D eigenvalue weighted by molar-refractivity contribution is 5.56. The van der Waals surface area contributed by atoms with Gasteiger partial charge >= 0.3 is 0 Å². The zero-order valence-electron chi connectivity index (χ0n) is 12.0. The molecule has 0 aliphatic carbocycles. The maximum absolute atomic E-state index is 10.0. The van der Waals surface area contributed by atoms with Crippen molar-refractivity contribution in [1.82, 2.24) is 4.90 Å². The Bertz CT molecular complexity index is 341. The summed E-state index contributed by atoms with van der Waals surface area (Å²) in [6, 6.07) is 6.24. The summed E-state index contributed by atoms with van der Waals surface area (Å²) in [5.74, 6) is 0. The molecule has 1 aromatic carbocycles. The molecule has 3 heteroatoms. The van der Waals surface area contributed by atoms with Crippen LogP contribution in [0.15, 0.2) is 18.2 Å². The maximum atomic E-state index is 10.0. The van der Waals surface area contributed by atoms with E-state index in [0.29, 0.717) is 6.54 Å². The molecule has 0 unspecified atom stereocenters. The van der Waals surface area contributed by atoms with Gasteiger partial charge in [-0.25, -0.2) is 0 Å². The molecule has 0 aromatic heterocycles. The number of aliphatic hydroxyl groups is 1. The monoisotopic (exact) mass is 250 g/mol. The Balaban J connectivity index is 2.49. The van der Waals surface area contributed by atoms with E-state index < -0.39 is 0 Å². The number of aliphatic hydroxyl groups excluding tert-OH is 1. The summed E-state index contributed by atoms with van der Waals surface area (Å²) < 4.78 is 0. The number of benzene rings is 1. The highest BCUT2D eigenvalue weighted by Gasteiger charge is 2.09. The second kappa shape index (κ2) is 7.39. The van der Waals surface area contributed by atoms with Crippen LogP contribution in [0.1, 0.15) is 25.0 Å². The van der Waals surface area contributed by atoms with Crippen LogP contribution >= 0.6 is 0 Å². The van der Waals surface area contributed by atoms with Gasteiger partial charge in [0.05, 0.1) is 6.10 Å². The van der Waals surface area contributed by atoms with Gasteiger partial charge < -0.3 is 15.3 Å². The van der Waals surface area contributed by atoms with Gasteiger partial charge in [0.1, 0.15) is 0 Å². The second-order valence-electron chi connectivity index (χ2n) is 4.79. The lowest BCUT2D eigenvalue weighted by atomic mass is 10.1. The van der Waals surface area contributed by atoms with E-state index in [1.54, 1.807) is 0 Å². The Morgan fingerprint density at radius 2 is 1.72 bits per heavy atom. The molecular weight excluding hydrogens is 224 g/mol. The molecular formula is C15H26N2O. The minimum atomic E-state index is -0.330. The number of rotatable bonds is 7. The van der Waals surface area contributed by atoms with Crippen LogP contribution < -0.4 is 5.32 Å². The summed E-state index contributed by atoms with van der Waals surface area (Å²) in [6.45, 7) is 11.7. The normalized spacial score (nSPS) is 12.8. The summed E-state index contributed by atoms with van der Waals surface area (Å²) >= 11 is 0. The van der Waals surface area contributed by atoms with E-state index in [0.717, 1.165) is 25.3 Å². The standard InChI is InChI=1S/C15H26N2O/c1-5-17(6-2)11-14(18)10-16-15-12(3)8-7-9-13(15)4/h7-9,14,16,18H,5-6,10-11H2,1-4H3/t14-/m0/s1. The van der Waals surface area contributed by atoms with Crippen molar-refractivity contribution in [1.29, 1.82) is 0 Å². The number of nitrogens with zero attached hydrogens (tertiary/aromatic N) is 1. The predicted octanol–water partition coefficient (Wildman–Crippen LogP) is 2.42. The molecule has 1 rings (SSSR count). The van der Waals surface area contributed by atoms with Crippen LogP contribution in [0, 0.1) is 13.8 Å². The van der Waals surface area contributed by atoms with Crippen LogP contribution in [0.4, 0.5) is 5.69 Å². The first-order chi connectivity index (χ1) is 8.58. The van der Waals surface area contributed by atoms with Crippen molar-refractivity contribution in [3.63, 3.8) is 0 Å². The fourth-order valence-electron chi connectivity index (χ4n) is 2.16. The molecule has 102 valence electrons. The average Bonchev–Trinajstić information content (AvgIpc) is 2.35. The quantitative estimate of drug-likeness (QED) is 0.780. The molecule has 2 N–H and O–H groups in total. The Kier molecular flexibility index (Phi) is 6.16. The average molecular weight is 250 g/mol. The number of para-hydroxylation sites is 1. The minimum Gasteiger partial charge on any atom is -0.390 e. The molecule has 0 fully saturated rings. The van der Waals surface area contributed by atoms with Crippen molar-refractivity contribution in [2.45, 2.75) is 33.8 Å². The molecule has 0 spiro atoms. The summed E-state index contributed by atoms with van der Waals surface area (Å²) in [5, 5.41) is 13.4. The Morgan fingerprint density at radius 1 is 1.17 bits per heavy atom. The van der Waals surface area contributed by atoms with Crippen LogP contribution in [0.25, 0.3) is 0 Å². The lowest BCUT2D eigenvalue weighted by Crippen LogP contribution is -2.36. The summed E-state index contributed by atoms with van der Waals surface area (Å²) in [5.41, 5.74) is 3.60. The van der Waals surface area contributed by atoms with Gasteiger partial charge in [-0.3, -0.25) is 0 Å². The third kappa shape index (κ3) is 4.31. The topological polar surface area (TPSA) is 35.5 Å². The summed E-state index contributed by atoms with van der Waals surface area (Å²) in [7, 11) is 0. The van der Waals surface area contributed by atoms with Crippen molar-refractivity contribution in [2.75, 3.05) is 31.5 Å². The molecule has 0 bridgehead atoms. The molecule has 18 heavy (non-hydrogen) atoms. The van der Waals surface area contributed by atoms with Gasteiger partial charge in [0.2, 0.25) is 0 Å². The lowest BCUT2D eigenvalue weighted by Gasteiger charge is -2.23. The molecule has 0 aliphatic rings. The zero-order chi connectivity index (χ0) is 13.5. The van der Waals surface area contributed by atoms with Crippen molar-refractivity contribution in [2.24, 2.45) is 0 Å². The number of anilines is 1. The van der Waals surface area contributed by atoms with Crippen molar-refractivity contribution in [3.05, 3.63) is 29.3 Å². The van der Waals surface area contributed by atoms with E-state index in [1.807, 2.05) is 0 Å². The van der Waals surface area contributed by atoms with Gasteiger partial charge in [-0.15, -0.1) is 0 Å². The van der Waals surface area contributed by atoms with Crippen LogP contribution in [-0.4, -0.2) is 42.3 Å². The van der Waals surface area contributed by atoms with Gasteiger partial charge in [0.15, 0.2) is 0 Å². The van der Waals surface area contributed by atoms with Crippen LogP contribution in [0.3, 0.4) is 0 Å². The van der Waals surface area contributed by atoms with Gasteiger partial charge in [0.25, 0.3) is 0 Å². The molecule has 0 heterocycles. The molecule has 0 amide bonds. The van der Waals surface area contributed by atoms with E-state index >= 15 is 0 Å². The number of hydrogen-bond acceptors (Lipinski definition) is 3. The molecule has 1 atom stereocenters. The molecule has 1 aromatic rings. The Morgan fingerprint density at radius 3 is 2.22 bits per heavy atom. The van der Waals surface area contributed by atoms with E-state index in [4.69, 9.17) is 0 Å². The van der Waals surface area contributed by atoms with Crippen molar-refractivity contribution < 1.29 is 5.11 Å². The van der Waals surface area contributed by atoms with E-state index in [9.17, 15) is 5.11 Å². The Hall–Kier alpha value is -1.06. The SMILES string of the molecule is CCN(CC)C[C@@H](O)CNc1c(C)cccc1C. The smallest absolute Gasteiger partial charge is 0.0839 e. The van der Waals surface area contributed by atoms with Crippen LogP contribution in [0.5, 0.6) is 0 Å². The first-order valence-electron chi connectivity index (χ1n) is 6.79. The van der Waals surface area contributed by atoms with E-state index in [1.165, 1.54) is 11.1 Å². The number of aryl methyl sites for hydroxylation is 2. The predicted molar refractivity (Wildman–Crippen MR) is 78.2 cm³/mol. The van der Waals surface area contributed by atoms with Crippen molar-refractivity contribution in [3.8, 4) is 0 Å². The molecule has 0 saturated carbocycles. The molecule has 3 nitrogen and oxygen atoms in total. The first kappa shape index (κ1) is 15.0. The number of likely N-dealkylation sites (N-methyl/N-ethyl adjacent to an activating group) is 1. The van der Waals surface area contributed by atoms with Gasteiger partial charge in [-0.05, 0) is 38.1 Å². The van der Waals surface area contributed by atoms with Gasteiger partial charge in [-0.1, -0.05) is 32.0 Å². The minimum absolute atomic E-state index is 0.330. The molecule has 0 saturated heterocycles. The van der Waals surface area contributed by atoms with Crippen molar-refractivity contribution >= 4 is 5.69 Å². The summed E-state index contributed by atoms with van der Waals surface area (Å²) in [6.07, 6.45) is -0.330. The van der Waals surface area contributed by atoms with E-state index in [2.05, 4.69) is 56.1 Å². The largest absolute Gasteiger partial charge is 0.390 e. The highest BCUT2D eigenvalue weighted by atomic mass is 16.3. The fourth-order valence-corrected chi connectivity index (χ4v) is 2.16. The lowest BCUT2D eigenvalue weighted by molar-refractivity contribution is 0.128. The van der Waals surface area contributed by atoms with E-state index in [-0.39, 0.29) is 6.10 Å². The number of nitrogens with one attached hydrogen (secondary N) is 1. The molecule has 0 radical (unpaired) electrons. The van der Waals surface area contributed by atoms with Crippen LogP contribution in [0.2, 0.25) is 0 Å². The zero-order valence-corrected chi connectivity index (χ0v) is 12.0. The fraction of sp³-hybridized carbons (Fsp3) is 0.600. The molecule has 0 aliphatic heterocycles. The summed E-state index contributed by atoms with van der Waals surface area (Å²) in [4.78, 5) is 2.23. The third-order valence-electron chi connectivity index (χ3n) is 3.36. The van der Waals surface area contributed by atoms with Crippen LogP contribution in [-0.2, 0) is 0 Å². The van der Waals surface area contributed by atoms with Gasteiger partial charge in [0, 0.05) is 18.8 Å². The Labute approximate surface area is 111 Å².